The lowest BCUT2D eigenvalue weighted by Gasteiger charge is -2.08. The highest BCUT2D eigenvalue weighted by Crippen LogP contribution is 2.20. The van der Waals surface area contributed by atoms with Gasteiger partial charge in [0.05, 0.1) is 14.2 Å². The van der Waals surface area contributed by atoms with Gasteiger partial charge in [0.1, 0.15) is 5.75 Å². The van der Waals surface area contributed by atoms with Crippen LogP contribution in [0.25, 0.3) is 0 Å². The maximum Gasteiger partial charge on any atom is 0.273 e. The minimum atomic E-state index is 0.698. The van der Waals surface area contributed by atoms with E-state index < -0.39 is 0 Å². The molecule has 0 bridgehead atoms. The molecule has 0 radical (unpaired) electrons. The van der Waals surface area contributed by atoms with Crippen molar-refractivity contribution in [2.24, 2.45) is 0 Å². The van der Waals surface area contributed by atoms with Crippen LogP contribution in [0.1, 0.15) is 10.4 Å². The van der Waals surface area contributed by atoms with E-state index in [-0.39, 0.29) is 0 Å². The van der Waals surface area contributed by atoms with Crippen LogP contribution in [0.3, 0.4) is 0 Å². The molecule has 0 saturated carbocycles. The monoisotopic (exact) mass is 264 g/mol. The van der Waals surface area contributed by atoms with Gasteiger partial charge in [-0.05, 0) is 6.07 Å². The maximum atomic E-state index is 5.30. The number of para-hydroxylation sites is 1. The minimum Gasteiger partial charge on any atom is -0.496 e. The number of aromatic nitrogens is 1. The van der Waals surface area contributed by atoms with Crippen molar-refractivity contribution in [1.29, 1.82) is 0 Å². The van der Waals surface area contributed by atoms with E-state index in [1.54, 1.807) is 25.6 Å². The lowest BCUT2D eigenvalue weighted by molar-refractivity contribution is 0.407. The SMILES string of the molecule is COc1ncc(CNCc2ccccc2OC)s1. The number of hydrogen-bond acceptors (Lipinski definition) is 5. The molecular formula is C13H16N2O2S. The second-order valence-electron chi connectivity index (χ2n) is 3.71. The van der Waals surface area contributed by atoms with E-state index in [9.17, 15) is 0 Å². The highest BCUT2D eigenvalue weighted by molar-refractivity contribution is 7.13. The van der Waals surface area contributed by atoms with E-state index in [4.69, 9.17) is 9.47 Å². The molecular weight excluding hydrogens is 248 g/mol. The zero-order chi connectivity index (χ0) is 12.8. The standard InChI is InChI=1S/C13H16N2O2S/c1-16-12-6-4-3-5-10(12)7-14-8-11-9-15-13(17-2)18-11/h3-6,9,14H,7-8H2,1-2H3. The zero-order valence-corrected chi connectivity index (χ0v) is 11.3. The Morgan fingerprint density at radius 1 is 1.17 bits per heavy atom. The summed E-state index contributed by atoms with van der Waals surface area (Å²) in [6.07, 6.45) is 1.83. The van der Waals surface area contributed by atoms with E-state index in [1.165, 1.54) is 0 Å². The van der Waals surface area contributed by atoms with Gasteiger partial charge in [0.15, 0.2) is 0 Å². The van der Waals surface area contributed by atoms with Crippen molar-refractivity contribution < 1.29 is 9.47 Å². The molecule has 18 heavy (non-hydrogen) atoms. The molecule has 0 spiro atoms. The largest absolute Gasteiger partial charge is 0.496 e. The average Bonchev–Trinajstić information content (AvgIpc) is 2.87. The first-order valence-electron chi connectivity index (χ1n) is 5.65. The molecule has 1 heterocycles. The van der Waals surface area contributed by atoms with Gasteiger partial charge in [-0.2, -0.15) is 0 Å². The Morgan fingerprint density at radius 3 is 2.72 bits per heavy atom. The number of nitrogens with one attached hydrogen (secondary N) is 1. The van der Waals surface area contributed by atoms with Crippen LogP contribution in [0.5, 0.6) is 10.9 Å². The predicted octanol–water partition coefficient (Wildman–Crippen LogP) is 2.45. The molecule has 5 heteroatoms. The first kappa shape index (κ1) is 12.9. The molecule has 0 saturated heterocycles. The summed E-state index contributed by atoms with van der Waals surface area (Å²) >= 11 is 1.55. The third-order valence-electron chi connectivity index (χ3n) is 2.51. The molecule has 0 aliphatic heterocycles. The molecule has 1 N–H and O–H groups in total. The van der Waals surface area contributed by atoms with Crippen LogP contribution < -0.4 is 14.8 Å². The summed E-state index contributed by atoms with van der Waals surface area (Å²) in [4.78, 5) is 5.28. The zero-order valence-electron chi connectivity index (χ0n) is 10.5. The highest BCUT2D eigenvalue weighted by Gasteiger charge is 2.03. The quantitative estimate of drug-likeness (QED) is 0.870. The van der Waals surface area contributed by atoms with E-state index in [0.717, 1.165) is 29.3 Å². The van der Waals surface area contributed by atoms with Gasteiger partial charge in [-0.3, -0.25) is 0 Å². The molecule has 0 unspecified atom stereocenters. The number of methoxy groups -OCH3 is 2. The van der Waals surface area contributed by atoms with Crippen LogP contribution in [-0.4, -0.2) is 19.2 Å². The lowest BCUT2D eigenvalue weighted by Crippen LogP contribution is -2.12. The third-order valence-corrected chi connectivity index (χ3v) is 3.47. The molecule has 1 aromatic carbocycles. The van der Waals surface area contributed by atoms with Crippen LogP contribution in [-0.2, 0) is 13.1 Å². The van der Waals surface area contributed by atoms with Gasteiger partial charge in [0, 0.05) is 29.7 Å². The van der Waals surface area contributed by atoms with Crippen molar-refractivity contribution in [1.82, 2.24) is 10.3 Å². The number of rotatable bonds is 6. The summed E-state index contributed by atoms with van der Waals surface area (Å²) in [6, 6.07) is 8.00. The number of nitrogens with zero attached hydrogens (tertiary/aromatic N) is 1. The van der Waals surface area contributed by atoms with Crippen LogP contribution in [0, 0.1) is 0 Å². The molecule has 0 aliphatic carbocycles. The second kappa shape index (κ2) is 6.37. The third kappa shape index (κ3) is 3.21. The van der Waals surface area contributed by atoms with Crippen LogP contribution in [0.4, 0.5) is 0 Å². The molecule has 2 rings (SSSR count). The van der Waals surface area contributed by atoms with E-state index in [0.29, 0.717) is 5.19 Å². The number of hydrogen-bond donors (Lipinski definition) is 1. The predicted molar refractivity (Wildman–Crippen MR) is 72.2 cm³/mol. The minimum absolute atomic E-state index is 0.698. The van der Waals surface area contributed by atoms with Gasteiger partial charge < -0.3 is 14.8 Å². The summed E-state index contributed by atoms with van der Waals surface area (Å²) in [5.41, 5.74) is 1.15. The van der Waals surface area contributed by atoms with Crippen molar-refractivity contribution in [3.63, 3.8) is 0 Å². The van der Waals surface area contributed by atoms with Gasteiger partial charge in [0.25, 0.3) is 5.19 Å². The summed E-state index contributed by atoms with van der Waals surface area (Å²) in [6.45, 7) is 1.54. The number of ether oxygens (including phenoxy) is 2. The smallest absolute Gasteiger partial charge is 0.273 e. The van der Waals surface area contributed by atoms with E-state index in [2.05, 4.69) is 16.4 Å². The first-order valence-corrected chi connectivity index (χ1v) is 6.46. The van der Waals surface area contributed by atoms with Gasteiger partial charge in [0.2, 0.25) is 0 Å². The van der Waals surface area contributed by atoms with Gasteiger partial charge in [-0.1, -0.05) is 29.5 Å². The van der Waals surface area contributed by atoms with Crippen LogP contribution >= 0.6 is 11.3 Å². The molecule has 0 aliphatic rings. The Hall–Kier alpha value is -1.59. The maximum absolute atomic E-state index is 5.30. The topological polar surface area (TPSA) is 43.4 Å². The molecule has 0 atom stereocenters. The number of thiazole rings is 1. The van der Waals surface area contributed by atoms with Gasteiger partial charge in [-0.25, -0.2) is 4.98 Å². The Balaban J connectivity index is 1.88. The summed E-state index contributed by atoms with van der Waals surface area (Å²) in [7, 11) is 3.32. The average molecular weight is 264 g/mol. The first-order chi connectivity index (χ1) is 8.83. The van der Waals surface area contributed by atoms with Crippen molar-refractivity contribution in [2.75, 3.05) is 14.2 Å². The fourth-order valence-corrected chi connectivity index (χ4v) is 2.33. The Bertz CT molecular complexity index is 499. The summed E-state index contributed by atoms with van der Waals surface area (Å²) in [5, 5.41) is 4.06. The Kier molecular flexibility index (Phi) is 4.55. The van der Waals surface area contributed by atoms with E-state index in [1.807, 2.05) is 24.4 Å². The Labute approximate surface area is 111 Å². The van der Waals surface area contributed by atoms with Crippen molar-refractivity contribution in [2.45, 2.75) is 13.1 Å². The van der Waals surface area contributed by atoms with Crippen LogP contribution in [0.15, 0.2) is 30.5 Å². The fourth-order valence-electron chi connectivity index (χ4n) is 1.64. The van der Waals surface area contributed by atoms with Crippen molar-refractivity contribution in [3.8, 4) is 10.9 Å². The second-order valence-corrected chi connectivity index (χ2v) is 4.79. The van der Waals surface area contributed by atoms with Gasteiger partial charge >= 0.3 is 0 Å². The Morgan fingerprint density at radius 2 is 2.00 bits per heavy atom. The molecule has 1 aromatic heterocycles. The molecule has 0 amide bonds. The molecule has 2 aromatic rings. The van der Waals surface area contributed by atoms with Crippen molar-refractivity contribution in [3.05, 3.63) is 40.9 Å². The lowest BCUT2D eigenvalue weighted by atomic mass is 10.2. The fraction of sp³-hybridized carbons (Fsp3) is 0.308. The van der Waals surface area contributed by atoms with Gasteiger partial charge in [-0.15, -0.1) is 0 Å². The molecule has 4 nitrogen and oxygen atoms in total. The van der Waals surface area contributed by atoms with Crippen molar-refractivity contribution >= 4 is 11.3 Å². The van der Waals surface area contributed by atoms with Crippen LogP contribution in [0.2, 0.25) is 0 Å². The highest BCUT2D eigenvalue weighted by atomic mass is 32.1. The summed E-state index contributed by atoms with van der Waals surface area (Å²) in [5.74, 6) is 0.909. The molecule has 0 fully saturated rings. The summed E-state index contributed by atoms with van der Waals surface area (Å²) < 4.78 is 10.4. The van der Waals surface area contributed by atoms with E-state index >= 15 is 0 Å². The molecule has 96 valence electrons. The number of benzene rings is 1. The normalized spacial score (nSPS) is 10.3.